The maximum Gasteiger partial charge on any atom is 0.528 e. The normalized spacial score (nSPS) is 12.0. The third-order valence-electron chi connectivity index (χ3n) is 12.6. The molecule has 0 rings (SSSR count). The molecule has 0 aliphatic carbocycles. The summed E-state index contributed by atoms with van der Waals surface area (Å²) in [6.45, 7) is 7.05. The summed E-state index contributed by atoms with van der Waals surface area (Å²) in [7, 11) is 8.24. The number of carbonyl (C=O) groups excluding carboxylic acids is 6. The lowest BCUT2D eigenvalue weighted by Crippen LogP contribution is -2.43. The van der Waals surface area contributed by atoms with Crippen molar-refractivity contribution in [3.8, 4) is 0 Å². The van der Waals surface area contributed by atoms with Crippen LogP contribution in [0, 0.1) is 10.8 Å². The first-order valence-corrected chi connectivity index (χ1v) is 39.8. The number of rotatable bonds is 51. The first kappa shape index (κ1) is 87.2. The van der Waals surface area contributed by atoms with E-state index in [4.69, 9.17) is 81.5 Å². The van der Waals surface area contributed by atoms with Crippen LogP contribution in [0.25, 0.3) is 0 Å². The number of thioether (sulfide) groups is 3. The standard InChI is InChI=1S/C30H62O15S3Si3.C15H26O6S3.C5H12O3Si/c1-11-30(24-43-27(31)12-15-46-18-21-49(34-2,35-3)36-4,25-44-28(32)13-16-47-19-22-50(37-5,38-6)39-7)26-45-29(33)14-17-48-20-23-51(40-8,41-9)42-10;1-2-15(9-19-12(16)3-6-22,10-20-13(17)4-7-23)11-21-14(18)5-8-24;1-5-9(6-2,7-3)8-4/h11-26H2,1-10H3;22-24H,2-11H2,1H3;5H,1H2,2-4H3. The molecule has 0 heterocycles. The average molecular weight is 1390 g/mol. The van der Waals surface area contributed by atoms with Crippen molar-refractivity contribution >= 4 is 144 Å². The molecule has 0 aliphatic heterocycles. The Hall–Kier alpha value is -0.952. The molecule has 24 nitrogen and oxygen atoms in total. The second-order valence-corrected chi connectivity index (χ2v) is 34.9. The van der Waals surface area contributed by atoms with Gasteiger partial charge in [-0.2, -0.15) is 73.2 Å². The van der Waals surface area contributed by atoms with Gasteiger partial charge in [0.25, 0.3) is 0 Å². The van der Waals surface area contributed by atoms with Crippen LogP contribution in [0.5, 0.6) is 0 Å². The van der Waals surface area contributed by atoms with E-state index in [1.807, 2.05) is 13.8 Å². The zero-order valence-electron chi connectivity index (χ0n) is 52.0. The fourth-order valence-corrected chi connectivity index (χ4v) is 17.7. The third kappa shape index (κ3) is 38.6. The number of esters is 6. The van der Waals surface area contributed by atoms with Crippen molar-refractivity contribution in [2.75, 3.05) is 177 Å². The smallest absolute Gasteiger partial charge is 0.465 e. The second kappa shape index (κ2) is 52.8. The van der Waals surface area contributed by atoms with Gasteiger partial charge >= 0.3 is 71.0 Å². The highest BCUT2D eigenvalue weighted by Gasteiger charge is 2.40. The molecule has 0 aromatic carbocycles. The van der Waals surface area contributed by atoms with Gasteiger partial charge in [-0.3, -0.25) is 28.8 Å². The van der Waals surface area contributed by atoms with E-state index >= 15 is 0 Å². The summed E-state index contributed by atoms with van der Waals surface area (Å²) in [5.74, 6) is 2.43. The van der Waals surface area contributed by atoms with E-state index < -0.39 is 81.9 Å². The zero-order chi connectivity index (χ0) is 64.4. The molecule has 0 radical (unpaired) electrons. The van der Waals surface area contributed by atoms with Crippen molar-refractivity contribution in [2.45, 2.75) is 83.3 Å². The summed E-state index contributed by atoms with van der Waals surface area (Å²) in [6, 6.07) is 1.82. The highest BCUT2D eigenvalue weighted by Crippen LogP contribution is 2.28. The SMILES string of the molecule is C=C[Si](OC)(OC)OC.CCC(COC(=O)CCS)(COC(=O)CCS)COC(=O)CCS.CCC(COC(=O)CCSCC[Si](OC)(OC)OC)(COC(=O)CCSCC[Si](OC)(OC)OC)COC(=O)CCSCC[Si](OC)(OC)OC. The Morgan fingerprint density at radius 2 is 0.560 bits per heavy atom. The van der Waals surface area contributed by atoms with E-state index in [9.17, 15) is 28.8 Å². The Morgan fingerprint density at radius 1 is 0.357 bits per heavy atom. The van der Waals surface area contributed by atoms with Gasteiger partial charge in [0.1, 0.15) is 39.6 Å². The Bertz CT molecular complexity index is 1560. The fraction of sp³-hybridized carbons (Fsp3) is 0.840. The van der Waals surface area contributed by atoms with Gasteiger partial charge < -0.3 is 81.5 Å². The predicted molar refractivity (Wildman–Crippen MR) is 344 cm³/mol. The largest absolute Gasteiger partial charge is 0.528 e. The van der Waals surface area contributed by atoms with Crippen molar-refractivity contribution in [2.24, 2.45) is 10.8 Å². The van der Waals surface area contributed by atoms with Crippen LogP contribution in [0.4, 0.5) is 0 Å². The van der Waals surface area contributed by atoms with Gasteiger partial charge in [-0.05, 0) is 35.8 Å². The van der Waals surface area contributed by atoms with Crippen LogP contribution in [0.1, 0.15) is 65.2 Å². The van der Waals surface area contributed by atoms with Crippen LogP contribution in [-0.4, -0.2) is 248 Å². The molecule has 34 heteroatoms. The van der Waals surface area contributed by atoms with Gasteiger partial charge in [-0.1, -0.05) is 20.4 Å². The number of ether oxygens (including phenoxy) is 6. The molecule has 496 valence electrons. The monoisotopic (exact) mass is 1390 g/mol. The van der Waals surface area contributed by atoms with Gasteiger partial charge in [-0.15, -0.1) is 0 Å². The molecule has 0 atom stereocenters. The van der Waals surface area contributed by atoms with Crippen molar-refractivity contribution in [1.82, 2.24) is 0 Å². The van der Waals surface area contributed by atoms with Crippen LogP contribution in [0.15, 0.2) is 12.3 Å². The molecule has 0 saturated heterocycles. The molecule has 0 aromatic rings. The minimum Gasteiger partial charge on any atom is -0.465 e. The fourth-order valence-electron chi connectivity index (χ4n) is 6.50. The van der Waals surface area contributed by atoms with Crippen molar-refractivity contribution in [1.29, 1.82) is 0 Å². The maximum absolute atomic E-state index is 12.7. The molecule has 0 N–H and O–H groups in total. The topological polar surface area (TPSA) is 269 Å². The Kier molecular flexibility index (Phi) is 54.8. The average Bonchev–Trinajstić information content (AvgIpc) is 3.63. The van der Waals surface area contributed by atoms with Crippen LogP contribution < -0.4 is 0 Å². The van der Waals surface area contributed by atoms with Gasteiger partial charge in [0.15, 0.2) is 0 Å². The Balaban J connectivity index is -0.00000162. The van der Waals surface area contributed by atoms with Gasteiger partial charge in [0.2, 0.25) is 0 Å². The van der Waals surface area contributed by atoms with E-state index in [1.54, 1.807) is 126 Å². The van der Waals surface area contributed by atoms with Crippen LogP contribution in [-0.2, 0) is 110 Å². The molecule has 0 fully saturated rings. The van der Waals surface area contributed by atoms with Crippen LogP contribution >= 0.6 is 73.2 Å². The lowest BCUT2D eigenvalue weighted by atomic mass is 9.88. The molecule has 0 aromatic heterocycles. The molecule has 0 aliphatic rings. The molecular weight excluding hydrogens is 1290 g/mol. The van der Waals surface area contributed by atoms with Gasteiger partial charge in [0.05, 0.1) is 49.4 Å². The van der Waals surface area contributed by atoms with E-state index in [-0.39, 0.29) is 78.2 Å². The van der Waals surface area contributed by atoms with E-state index in [0.717, 1.165) is 0 Å². The number of carbonyl (C=O) groups is 6. The summed E-state index contributed by atoms with van der Waals surface area (Å²) in [4.78, 5) is 72.9. The van der Waals surface area contributed by atoms with Crippen LogP contribution in [0.3, 0.4) is 0 Å². The third-order valence-corrected chi connectivity index (χ3v) is 27.7. The van der Waals surface area contributed by atoms with Gasteiger partial charge in [-0.25, -0.2) is 0 Å². The molecule has 0 spiro atoms. The first-order valence-electron chi connectivity index (χ1n) is 26.8. The molecule has 84 heavy (non-hydrogen) atoms. The van der Waals surface area contributed by atoms with Crippen LogP contribution in [0.2, 0.25) is 18.1 Å². The summed E-state index contributed by atoms with van der Waals surface area (Å²) >= 11 is 16.6. The molecule has 0 saturated carbocycles. The second-order valence-electron chi connectivity index (χ2n) is 17.7. The summed E-state index contributed by atoms with van der Waals surface area (Å²) < 4.78 is 96.5. The lowest BCUT2D eigenvalue weighted by Gasteiger charge is -2.31. The minimum absolute atomic E-state index is 0.00157. The number of hydrogen-bond donors (Lipinski definition) is 3. The Labute approximate surface area is 534 Å². The molecule has 0 unspecified atom stereocenters. The highest BCUT2D eigenvalue weighted by atomic mass is 32.2. The first-order chi connectivity index (χ1) is 40.1. The van der Waals surface area contributed by atoms with E-state index in [2.05, 4.69) is 44.5 Å². The number of hydrogen-bond acceptors (Lipinski definition) is 30. The van der Waals surface area contributed by atoms with Crippen molar-refractivity contribution < 1.29 is 110 Å². The summed E-state index contributed by atoms with van der Waals surface area (Å²) in [6.07, 6.45) is 2.03. The predicted octanol–water partition coefficient (Wildman–Crippen LogP) is 6.58. The van der Waals surface area contributed by atoms with Crippen molar-refractivity contribution in [3.63, 3.8) is 0 Å². The Morgan fingerprint density at radius 3 is 0.702 bits per heavy atom. The lowest BCUT2D eigenvalue weighted by molar-refractivity contribution is -0.164. The molecular formula is C50H100O24S6Si4. The summed E-state index contributed by atoms with van der Waals surface area (Å²) in [5, 5.41) is 0. The van der Waals surface area contributed by atoms with E-state index in [0.29, 0.717) is 82.7 Å². The maximum atomic E-state index is 12.7. The minimum atomic E-state index is -2.68. The van der Waals surface area contributed by atoms with E-state index in [1.165, 1.54) is 0 Å². The van der Waals surface area contributed by atoms with Gasteiger partial charge in [0, 0.05) is 138 Å². The molecule has 0 amide bonds. The highest BCUT2D eigenvalue weighted by molar-refractivity contribution is 7.99. The zero-order valence-corrected chi connectivity index (χ0v) is 61.2. The number of thiol groups is 3. The summed E-state index contributed by atoms with van der Waals surface area (Å²) in [5.41, 5.74) is -0.103. The van der Waals surface area contributed by atoms with Crippen molar-refractivity contribution in [3.05, 3.63) is 12.3 Å². The quantitative estimate of drug-likeness (QED) is 0.0191. The molecule has 0 bridgehead atoms.